The van der Waals surface area contributed by atoms with Gasteiger partial charge in [0.2, 0.25) is 0 Å². The molecule has 1 amide bonds. The molecule has 122 valence electrons. The summed E-state index contributed by atoms with van der Waals surface area (Å²) in [6.07, 6.45) is 2.30. The second kappa shape index (κ2) is 8.15. The molecule has 1 fully saturated rings. The highest BCUT2D eigenvalue weighted by atomic mass is 35.5. The molecule has 0 spiro atoms. The Balaban J connectivity index is 2.18. The Morgan fingerprint density at radius 3 is 2.65 bits per heavy atom. The third kappa shape index (κ3) is 4.47. The number of ether oxygens (including phenoxy) is 1. The maximum absolute atomic E-state index is 12.4. The first-order valence-corrected chi connectivity index (χ1v) is 8.77. The maximum Gasteiger partial charge on any atom is 0.326 e. The number of nitrogens with zero attached hydrogens (tertiary/aromatic N) is 1. The number of hydrogen-bond acceptors (Lipinski definition) is 5. The summed E-state index contributed by atoms with van der Waals surface area (Å²) in [6.45, 7) is 2.01. The highest BCUT2D eigenvalue weighted by Crippen LogP contribution is 2.35. The van der Waals surface area contributed by atoms with Gasteiger partial charge in [0, 0.05) is 15.6 Å². The van der Waals surface area contributed by atoms with E-state index in [0.717, 1.165) is 18.2 Å². The Kier molecular flexibility index (Phi) is 6.47. The largest absolute Gasteiger partial charge is 0.464 e. The van der Waals surface area contributed by atoms with Crippen molar-refractivity contribution >= 4 is 69.5 Å². The van der Waals surface area contributed by atoms with Gasteiger partial charge in [-0.05, 0) is 24.6 Å². The fraction of sp³-hybridized carbons (Fsp3) is 0.267. The summed E-state index contributed by atoms with van der Waals surface area (Å²) in [5.41, 5.74) is 0.546. The third-order valence-electron chi connectivity index (χ3n) is 2.90. The summed E-state index contributed by atoms with van der Waals surface area (Å²) < 4.78 is 5.28. The van der Waals surface area contributed by atoms with E-state index in [1.807, 2.05) is 6.92 Å². The van der Waals surface area contributed by atoms with Gasteiger partial charge in [0.25, 0.3) is 5.91 Å². The molecule has 2 rings (SSSR count). The zero-order chi connectivity index (χ0) is 17.0. The molecule has 0 aromatic heterocycles. The summed E-state index contributed by atoms with van der Waals surface area (Å²) in [4.78, 5) is 25.7. The Hall–Kier alpha value is -1.08. The number of thioether (sulfide) groups is 1. The fourth-order valence-corrected chi connectivity index (χ4v) is 3.55. The highest BCUT2D eigenvalue weighted by molar-refractivity contribution is 8.26. The molecule has 1 aromatic rings. The molecule has 0 atom stereocenters. The lowest BCUT2D eigenvalue weighted by atomic mass is 10.2. The van der Waals surface area contributed by atoms with Gasteiger partial charge in [-0.15, -0.1) is 0 Å². The van der Waals surface area contributed by atoms with Crippen LogP contribution in [0.25, 0.3) is 6.08 Å². The van der Waals surface area contributed by atoms with Crippen molar-refractivity contribution in [3.63, 3.8) is 0 Å². The maximum atomic E-state index is 12.4. The Labute approximate surface area is 153 Å². The van der Waals surface area contributed by atoms with Gasteiger partial charge >= 0.3 is 5.97 Å². The molecule has 4 nitrogen and oxygen atoms in total. The Bertz CT molecular complexity index is 671. The number of esters is 1. The van der Waals surface area contributed by atoms with Crippen molar-refractivity contribution in [1.82, 2.24) is 4.90 Å². The Morgan fingerprint density at radius 2 is 2.04 bits per heavy atom. The van der Waals surface area contributed by atoms with E-state index in [-0.39, 0.29) is 12.5 Å². The van der Waals surface area contributed by atoms with Crippen molar-refractivity contribution in [2.75, 3.05) is 13.2 Å². The molecule has 1 aliphatic heterocycles. The zero-order valence-corrected chi connectivity index (χ0v) is 15.3. The van der Waals surface area contributed by atoms with Gasteiger partial charge in [0.05, 0.1) is 11.5 Å². The van der Waals surface area contributed by atoms with E-state index in [1.165, 1.54) is 4.90 Å². The molecular formula is C15H13Cl2NO3S2. The average Bonchev–Trinajstić information content (AvgIpc) is 2.76. The molecule has 0 bridgehead atoms. The second-order valence-electron chi connectivity index (χ2n) is 4.62. The predicted molar refractivity (Wildman–Crippen MR) is 97.6 cm³/mol. The van der Waals surface area contributed by atoms with Crippen LogP contribution in [-0.4, -0.2) is 34.2 Å². The molecule has 0 N–H and O–H groups in total. The molecule has 8 heteroatoms. The fourth-order valence-electron chi connectivity index (χ4n) is 1.81. The summed E-state index contributed by atoms with van der Waals surface area (Å²) in [5.74, 6) is -0.843. The van der Waals surface area contributed by atoms with E-state index in [1.54, 1.807) is 24.3 Å². The number of halogens is 2. The average molecular weight is 390 g/mol. The molecule has 0 aliphatic carbocycles. The van der Waals surface area contributed by atoms with E-state index >= 15 is 0 Å². The van der Waals surface area contributed by atoms with Crippen LogP contribution in [0.1, 0.15) is 18.9 Å². The number of thiocarbonyl (C=S) groups is 1. The van der Waals surface area contributed by atoms with E-state index in [2.05, 4.69) is 0 Å². The smallest absolute Gasteiger partial charge is 0.326 e. The SMILES string of the molecule is CCCOC(=O)CN1C(=O)C(=Cc2c(Cl)cccc2Cl)SC1=S. The molecule has 0 saturated carbocycles. The number of carbonyl (C=O) groups is 2. The number of carbonyl (C=O) groups excluding carboxylic acids is 2. The normalized spacial score (nSPS) is 16.3. The van der Waals surface area contributed by atoms with Gasteiger partial charge in [-0.1, -0.05) is 60.2 Å². The third-order valence-corrected chi connectivity index (χ3v) is 4.94. The van der Waals surface area contributed by atoms with Gasteiger partial charge in [0.15, 0.2) is 0 Å². The molecule has 1 heterocycles. The minimum absolute atomic E-state index is 0.196. The van der Waals surface area contributed by atoms with Crippen molar-refractivity contribution in [2.24, 2.45) is 0 Å². The quantitative estimate of drug-likeness (QED) is 0.430. The molecule has 0 unspecified atom stereocenters. The number of rotatable bonds is 5. The summed E-state index contributed by atoms with van der Waals surface area (Å²) in [6, 6.07) is 5.08. The van der Waals surface area contributed by atoms with Gasteiger partial charge < -0.3 is 4.74 Å². The first-order valence-electron chi connectivity index (χ1n) is 6.79. The molecule has 1 aliphatic rings. The second-order valence-corrected chi connectivity index (χ2v) is 7.11. The van der Waals surface area contributed by atoms with Crippen molar-refractivity contribution in [3.05, 3.63) is 38.7 Å². The number of benzene rings is 1. The monoisotopic (exact) mass is 389 g/mol. The van der Waals surface area contributed by atoms with Crippen LogP contribution in [0, 0.1) is 0 Å². The van der Waals surface area contributed by atoms with Crippen LogP contribution in [0.4, 0.5) is 0 Å². The van der Waals surface area contributed by atoms with Crippen molar-refractivity contribution in [3.8, 4) is 0 Å². The Morgan fingerprint density at radius 1 is 1.39 bits per heavy atom. The predicted octanol–water partition coefficient (Wildman–Crippen LogP) is 4.15. The molecule has 1 saturated heterocycles. The van der Waals surface area contributed by atoms with E-state index in [9.17, 15) is 9.59 Å². The lowest BCUT2D eigenvalue weighted by Crippen LogP contribution is -2.34. The molecule has 0 radical (unpaired) electrons. The van der Waals surface area contributed by atoms with E-state index in [4.69, 9.17) is 40.2 Å². The standard InChI is InChI=1S/C15H13Cl2NO3S2/c1-2-6-21-13(19)8-18-14(20)12(23-15(18)22)7-9-10(16)4-3-5-11(9)17/h3-5,7H,2,6,8H2,1H3. The number of hydrogen-bond donors (Lipinski definition) is 0. The van der Waals surface area contributed by atoms with Crippen LogP contribution < -0.4 is 0 Å². The lowest BCUT2D eigenvalue weighted by Gasteiger charge is -2.13. The van der Waals surface area contributed by atoms with Crippen LogP contribution in [0.15, 0.2) is 23.1 Å². The van der Waals surface area contributed by atoms with Gasteiger partial charge in [0.1, 0.15) is 10.9 Å². The van der Waals surface area contributed by atoms with Gasteiger partial charge in [-0.25, -0.2) is 0 Å². The lowest BCUT2D eigenvalue weighted by molar-refractivity contribution is -0.146. The minimum Gasteiger partial charge on any atom is -0.464 e. The van der Waals surface area contributed by atoms with Crippen molar-refractivity contribution < 1.29 is 14.3 Å². The topological polar surface area (TPSA) is 46.6 Å². The van der Waals surface area contributed by atoms with Crippen LogP contribution in [0.2, 0.25) is 10.0 Å². The van der Waals surface area contributed by atoms with Gasteiger partial charge in [-0.2, -0.15) is 0 Å². The summed E-state index contributed by atoms with van der Waals surface area (Å²) in [5, 5.41) is 0.871. The molecule has 1 aromatic carbocycles. The first-order chi connectivity index (χ1) is 10.9. The van der Waals surface area contributed by atoms with Crippen LogP contribution >= 0.6 is 47.2 Å². The molecule has 23 heavy (non-hydrogen) atoms. The van der Waals surface area contributed by atoms with E-state index < -0.39 is 5.97 Å². The highest BCUT2D eigenvalue weighted by Gasteiger charge is 2.34. The van der Waals surface area contributed by atoms with Crippen molar-refractivity contribution in [2.45, 2.75) is 13.3 Å². The first kappa shape index (κ1) is 18.3. The van der Waals surface area contributed by atoms with Crippen LogP contribution in [-0.2, 0) is 14.3 Å². The zero-order valence-electron chi connectivity index (χ0n) is 12.2. The van der Waals surface area contributed by atoms with Crippen LogP contribution in [0.5, 0.6) is 0 Å². The summed E-state index contributed by atoms with van der Waals surface area (Å²) in [7, 11) is 0. The van der Waals surface area contributed by atoms with Crippen LogP contribution in [0.3, 0.4) is 0 Å². The van der Waals surface area contributed by atoms with Crippen molar-refractivity contribution in [1.29, 1.82) is 0 Å². The minimum atomic E-state index is -0.486. The van der Waals surface area contributed by atoms with E-state index in [0.29, 0.717) is 31.4 Å². The molecular weight excluding hydrogens is 377 g/mol. The number of amides is 1. The van der Waals surface area contributed by atoms with Gasteiger partial charge in [-0.3, -0.25) is 14.5 Å². The summed E-state index contributed by atoms with van der Waals surface area (Å²) >= 11 is 18.5.